The summed E-state index contributed by atoms with van der Waals surface area (Å²) < 4.78 is 11.9. The van der Waals surface area contributed by atoms with Gasteiger partial charge in [0.1, 0.15) is 11.5 Å². The SMILES string of the molecule is COc1ccc(C)cc1C(=O)c1cc(Br)cc2c1OCC2. The first-order valence-electron chi connectivity index (χ1n) is 6.74. The van der Waals surface area contributed by atoms with E-state index in [1.807, 2.05) is 37.3 Å². The number of hydrogen-bond donors (Lipinski definition) is 0. The summed E-state index contributed by atoms with van der Waals surface area (Å²) in [5.74, 6) is 1.21. The van der Waals surface area contributed by atoms with Crippen molar-refractivity contribution in [2.45, 2.75) is 13.3 Å². The molecule has 3 nitrogen and oxygen atoms in total. The summed E-state index contributed by atoms with van der Waals surface area (Å²) in [6.07, 6.45) is 0.833. The van der Waals surface area contributed by atoms with Gasteiger partial charge >= 0.3 is 0 Å². The molecule has 0 aliphatic carbocycles. The second-order valence-corrected chi connectivity index (χ2v) is 5.99. The van der Waals surface area contributed by atoms with Crippen molar-refractivity contribution in [1.82, 2.24) is 0 Å². The lowest BCUT2D eigenvalue weighted by Crippen LogP contribution is -2.06. The molecule has 0 amide bonds. The number of carbonyl (C=O) groups is 1. The molecule has 0 radical (unpaired) electrons. The fourth-order valence-corrected chi connectivity index (χ4v) is 3.09. The number of benzene rings is 2. The Hall–Kier alpha value is -1.81. The van der Waals surface area contributed by atoms with Crippen LogP contribution in [-0.2, 0) is 6.42 Å². The number of hydrogen-bond acceptors (Lipinski definition) is 3. The molecular formula is C17H15BrO3. The Balaban J connectivity index is 2.14. The number of fused-ring (bicyclic) bond motifs is 1. The Morgan fingerprint density at radius 2 is 2.05 bits per heavy atom. The van der Waals surface area contributed by atoms with Crippen LogP contribution in [0.2, 0.25) is 0 Å². The Morgan fingerprint density at radius 1 is 1.24 bits per heavy atom. The van der Waals surface area contributed by atoms with Crippen molar-refractivity contribution in [3.63, 3.8) is 0 Å². The van der Waals surface area contributed by atoms with E-state index in [-0.39, 0.29) is 5.78 Å². The quantitative estimate of drug-likeness (QED) is 0.790. The molecule has 108 valence electrons. The topological polar surface area (TPSA) is 35.5 Å². The second kappa shape index (κ2) is 5.53. The summed E-state index contributed by atoms with van der Waals surface area (Å²) in [6.45, 7) is 2.58. The fourth-order valence-electron chi connectivity index (χ4n) is 2.58. The first kappa shape index (κ1) is 14.1. The second-order valence-electron chi connectivity index (χ2n) is 5.07. The molecule has 21 heavy (non-hydrogen) atoms. The molecule has 0 spiro atoms. The first-order chi connectivity index (χ1) is 10.1. The highest BCUT2D eigenvalue weighted by molar-refractivity contribution is 9.10. The molecule has 0 saturated heterocycles. The van der Waals surface area contributed by atoms with Crippen LogP contribution in [0.5, 0.6) is 11.5 Å². The molecule has 2 aromatic carbocycles. The van der Waals surface area contributed by atoms with Crippen molar-refractivity contribution in [3.8, 4) is 11.5 Å². The van der Waals surface area contributed by atoms with Gasteiger partial charge in [-0.25, -0.2) is 0 Å². The lowest BCUT2D eigenvalue weighted by atomic mass is 9.98. The van der Waals surface area contributed by atoms with Crippen LogP contribution >= 0.6 is 15.9 Å². The first-order valence-corrected chi connectivity index (χ1v) is 7.54. The highest BCUT2D eigenvalue weighted by atomic mass is 79.9. The van der Waals surface area contributed by atoms with Crippen molar-refractivity contribution in [2.75, 3.05) is 13.7 Å². The van der Waals surface area contributed by atoms with Crippen LogP contribution in [0, 0.1) is 6.92 Å². The third-order valence-corrected chi connectivity index (χ3v) is 4.05. The molecule has 0 fully saturated rings. The number of carbonyl (C=O) groups excluding carboxylic acids is 1. The van der Waals surface area contributed by atoms with Crippen molar-refractivity contribution in [3.05, 3.63) is 57.1 Å². The van der Waals surface area contributed by atoms with Crippen molar-refractivity contribution in [1.29, 1.82) is 0 Å². The highest BCUT2D eigenvalue weighted by Crippen LogP contribution is 2.35. The average Bonchev–Trinajstić information content (AvgIpc) is 2.93. The van der Waals surface area contributed by atoms with Gasteiger partial charge in [-0.2, -0.15) is 0 Å². The minimum atomic E-state index is -0.0741. The molecule has 1 aliphatic heterocycles. The van der Waals surface area contributed by atoms with Gasteiger partial charge in [-0.1, -0.05) is 27.6 Å². The Labute approximate surface area is 132 Å². The monoisotopic (exact) mass is 346 g/mol. The maximum absolute atomic E-state index is 12.9. The highest BCUT2D eigenvalue weighted by Gasteiger charge is 2.24. The van der Waals surface area contributed by atoms with Crippen molar-refractivity contribution in [2.24, 2.45) is 0 Å². The Morgan fingerprint density at radius 3 is 2.81 bits per heavy atom. The summed E-state index contributed by atoms with van der Waals surface area (Å²) in [6, 6.07) is 9.42. The number of methoxy groups -OCH3 is 1. The van der Waals surface area contributed by atoms with Crippen molar-refractivity contribution < 1.29 is 14.3 Å². The van der Waals surface area contributed by atoms with Gasteiger partial charge in [0.25, 0.3) is 0 Å². The summed E-state index contributed by atoms with van der Waals surface area (Å²) >= 11 is 3.47. The molecule has 0 saturated carbocycles. The zero-order valence-corrected chi connectivity index (χ0v) is 13.5. The fraction of sp³-hybridized carbons (Fsp3) is 0.235. The van der Waals surface area contributed by atoms with Gasteiger partial charge in [-0.05, 0) is 36.8 Å². The molecule has 1 heterocycles. The molecule has 4 heteroatoms. The van der Waals surface area contributed by atoms with Gasteiger partial charge in [0, 0.05) is 10.9 Å². The van der Waals surface area contributed by atoms with Crippen LogP contribution in [0.15, 0.2) is 34.8 Å². The molecule has 0 atom stereocenters. The maximum Gasteiger partial charge on any atom is 0.200 e. The number of ketones is 1. The zero-order chi connectivity index (χ0) is 15.0. The molecule has 0 unspecified atom stereocenters. The van der Waals surface area contributed by atoms with Crippen LogP contribution < -0.4 is 9.47 Å². The van der Waals surface area contributed by atoms with Gasteiger partial charge < -0.3 is 9.47 Å². The van der Waals surface area contributed by atoms with Gasteiger partial charge in [-0.15, -0.1) is 0 Å². The Bertz CT molecular complexity index is 722. The number of ether oxygens (including phenoxy) is 2. The predicted molar refractivity (Wildman–Crippen MR) is 84.5 cm³/mol. The normalized spacial score (nSPS) is 12.7. The molecule has 1 aliphatic rings. The van der Waals surface area contributed by atoms with Crippen LogP contribution in [0.4, 0.5) is 0 Å². The smallest absolute Gasteiger partial charge is 0.200 e. The van der Waals surface area contributed by atoms with Crippen LogP contribution in [0.3, 0.4) is 0 Å². The van der Waals surface area contributed by atoms with Crippen molar-refractivity contribution >= 4 is 21.7 Å². The molecule has 2 aromatic rings. The Kier molecular flexibility index (Phi) is 3.72. The average molecular weight is 347 g/mol. The number of halogens is 1. The van der Waals surface area contributed by atoms with Crippen LogP contribution in [0.1, 0.15) is 27.0 Å². The van der Waals surface area contributed by atoms with Crippen LogP contribution in [0.25, 0.3) is 0 Å². The van der Waals surface area contributed by atoms with E-state index in [1.54, 1.807) is 7.11 Å². The maximum atomic E-state index is 12.9. The third kappa shape index (κ3) is 2.56. The third-order valence-electron chi connectivity index (χ3n) is 3.59. The predicted octanol–water partition coefficient (Wildman–Crippen LogP) is 3.93. The van der Waals surface area contributed by atoms with E-state index in [2.05, 4.69) is 15.9 Å². The zero-order valence-electron chi connectivity index (χ0n) is 11.9. The summed E-state index contributed by atoms with van der Waals surface area (Å²) in [7, 11) is 1.57. The van der Waals surface area contributed by atoms with E-state index < -0.39 is 0 Å². The van der Waals surface area contributed by atoms with Crippen LogP contribution in [-0.4, -0.2) is 19.5 Å². The van der Waals surface area contributed by atoms with E-state index >= 15 is 0 Å². The van der Waals surface area contributed by atoms with E-state index in [9.17, 15) is 4.79 Å². The summed E-state index contributed by atoms with van der Waals surface area (Å²) in [5.41, 5.74) is 3.24. The van der Waals surface area contributed by atoms with Gasteiger partial charge in [-0.3, -0.25) is 4.79 Å². The molecule has 0 aromatic heterocycles. The lowest BCUT2D eigenvalue weighted by Gasteiger charge is -2.12. The van der Waals surface area contributed by atoms with E-state index in [0.717, 1.165) is 22.0 Å². The minimum Gasteiger partial charge on any atom is -0.496 e. The lowest BCUT2D eigenvalue weighted by molar-refractivity contribution is 0.103. The largest absolute Gasteiger partial charge is 0.496 e. The molecular weight excluding hydrogens is 332 g/mol. The molecule has 0 N–H and O–H groups in total. The minimum absolute atomic E-state index is 0.0741. The molecule has 3 rings (SSSR count). The number of aryl methyl sites for hydroxylation is 1. The number of rotatable bonds is 3. The van der Waals surface area contributed by atoms with E-state index in [4.69, 9.17) is 9.47 Å². The van der Waals surface area contributed by atoms with Gasteiger partial charge in [0.15, 0.2) is 0 Å². The van der Waals surface area contributed by atoms with E-state index in [0.29, 0.717) is 29.2 Å². The van der Waals surface area contributed by atoms with Gasteiger partial charge in [0.2, 0.25) is 5.78 Å². The summed E-state index contributed by atoms with van der Waals surface area (Å²) in [5, 5.41) is 0. The standard InChI is InChI=1S/C17H15BrO3/c1-10-3-4-15(20-2)13(7-10)16(19)14-9-12(18)8-11-5-6-21-17(11)14/h3-4,7-9H,5-6H2,1-2H3. The van der Waals surface area contributed by atoms with E-state index in [1.165, 1.54) is 0 Å². The summed E-state index contributed by atoms with van der Waals surface area (Å²) in [4.78, 5) is 12.9. The molecule has 0 bridgehead atoms. The van der Waals surface area contributed by atoms with Gasteiger partial charge in [0.05, 0.1) is 24.8 Å².